The smallest absolute Gasteiger partial charge is 0.311 e. The molecule has 1 aromatic carbocycles. The third-order valence-electron chi connectivity index (χ3n) is 4.30. The molecule has 0 saturated heterocycles. The number of esters is 1. The molecule has 0 aromatic heterocycles. The summed E-state index contributed by atoms with van der Waals surface area (Å²) in [6.45, 7) is 8.18. The van der Waals surface area contributed by atoms with Gasteiger partial charge in [0.15, 0.2) is 18.2 Å². The number of Topliss-reactive ketones (excluding diaryl/α,β-unsaturated/α-hetero) is 1. The van der Waals surface area contributed by atoms with Crippen LogP contribution in [0.1, 0.15) is 46.3 Å². The van der Waals surface area contributed by atoms with E-state index in [9.17, 15) is 24.8 Å². The van der Waals surface area contributed by atoms with Crippen molar-refractivity contribution in [2.75, 3.05) is 6.61 Å². The molecule has 0 aliphatic carbocycles. The highest BCUT2D eigenvalue weighted by molar-refractivity contribution is 6.01. The lowest BCUT2D eigenvalue weighted by atomic mass is 9.92. The van der Waals surface area contributed by atoms with Crippen LogP contribution >= 0.6 is 0 Å². The number of rotatable bonds is 7. The van der Waals surface area contributed by atoms with Gasteiger partial charge in [-0.25, -0.2) is 0 Å². The van der Waals surface area contributed by atoms with Crippen molar-refractivity contribution in [3.63, 3.8) is 0 Å². The van der Waals surface area contributed by atoms with Crippen LogP contribution < -0.4 is 0 Å². The Labute approximate surface area is 174 Å². The summed E-state index contributed by atoms with van der Waals surface area (Å²) in [5.41, 5.74) is -1.23. The van der Waals surface area contributed by atoms with Gasteiger partial charge in [0.25, 0.3) is 5.69 Å². The van der Waals surface area contributed by atoms with Crippen LogP contribution in [0.4, 0.5) is 5.69 Å². The van der Waals surface area contributed by atoms with Gasteiger partial charge in [-0.2, -0.15) is 0 Å². The van der Waals surface area contributed by atoms with Crippen molar-refractivity contribution in [3.05, 3.63) is 51.6 Å². The highest BCUT2D eigenvalue weighted by Gasteiger charge is 2.38. The van der Waals surface area contributed by atoms with Crippen LogP contribution in [0.5, 0.6) is 0 Å². The van der Waals surface area contributed by atoms with Crippen molar-refractivity contribution in [2.24, 2.45) is 5.41 Å². The number of carbonyl (C=O) groups is 2. The number of ether oxygens (including phenoxy) is 3. The minimum atomic E-state index is -1.57. The number of hydrogen-bond acceptors (Lipinski definition) is 8. The second-order valence-corrected chi connectivity index (χ2v) is 8.23. The Balaban J connectivity index is 2.34. The maximum absolute atomic E-state index is 12.9. The van der Waals surface area contributed by atoms with E-state index in [0.717, 1.165) is 0 Å². The number of nitro groups is 1. The molecule has 30 heavy (non-hydrogen) atoms. The van der Waals surface area contributed by atoms with Crippen LogP contribution in [-0.4, -0.2) is 46.9 Å². The van der Waals surface area contributed by atoms with E-state index in [1.54, 1.807) is 34.6 Å². The molecule has 1 aromatic rings. The summed E-state index contributed by atoms with van der Waals surface area (Å²) in [5, 5.41) is 22.1. The Morgan fingerprint density at radius 3 is 2.50 bits per heavy atom. The van der Waals surface area contributed by atoms with E-state index in [2.05, 4.69) is 0 Å². The summed E-state index contributed by atoms with van der Waals surface area (Å²) in [7, 11) is 0. The molecule has 0 radical (unpaired) electrons. The van der Waals surface area contributed by atoms with Crippen molar-refractivity contribution in [1.29, 1.82) is 0 Å². The van der Waals surface area contributed by atoms with Gasteiger partial charge in [-0.15, -0.1) is 0 Å². The van der Waals surface area contributed by atoms with Gasteiger partial charge in [0.05, 0.1) is 22.0 Å². The summed E-state index contributed by atoms with van der Waals surface area (Å²) in [4.78, 5) is 35.7. The van der Waals surface area contributed by atoms with E-state index in [1.165, 1.54) is 30.3 Å². The van der Waals surface area contributed by atoms with E-state index < -0.39 is 40.6 Å². The Bertz CT molecular complexity index is 840. The van der Waals surface area contributed by atoms with Crippen LogP contribution in [0.25, 0.3) is 0 Å². The van der Waals surface area contributed by atoms with Gasteiger partial charge >= 0.3 is 5.97 Å². The van der Waals surface area contributed by atoms with Gasteiger partial charge in [-0.3, -0.25) is 19.7 Å². The summed E-state index contributed by atoms with van der Waals surface area (Å²) >= 11 is 0. The fraction of sp³-hybridized carbons (Fsp3) is 0.524. The number of nitrogens with zero attached hydrogens (tertiary/aromatic N) is 1. The Kier molecular flexibility index (Phi) is 7.46. The molecular formula is C21H27NO8. The first-order valence-electron chi connectivity index (χ1n) is 9.57. The lowest BCUT2D eigenvalue weighted by Gasteiger charge is -2.31. The topological polar surface area (TPSA) is 125 Å². The molecule has 0 bridgehead atoms. The molecule has 1 aliphatic heterocycles. The van der Waals surface area contributed by atoms with Crippen LogP contribution in [0.3, 0.4) is 0 Å². The zero-order valence-electron chi connectivity index (χ0n) is 17.7. The molecule has 164 valence electrons. The monoisotopic (exact) mass is 421 g/mol. The van der Waals surface area contributed by atoms with Gasteiger partial charge in [0.2, 0.25) is 0 Å². The van der Waals surface area contributed by atoms with E-state index in [0.29, 0.717) is 0 Å². The second-order valence-electron chi connectivity index (χ2n) is 8.23. The molecule has 3 atom stereocenters. The van der Waals surface area contributed by atoms with E-state index in [1.807, 2.05) is 0 Å². The maximum Gasteiger partial charge on any atom is 0.311 e. The first kappa shape index (κ1) is 23.7. The molecule has 9 nitrogen and oxygen atoms in total. The fourth-order valence-corrected chi connectivity index (χ4v) is 2.78. The summed E-state index contributed by atoms with van der Waals surface area (Å²) < 4.78 is 16.4. The molecule has 9 heteroatoms. The third-order valence-corrected chi connectivity index (χ3v) is 4.30. The lowest BCUT2D eigenvalue weighted by molar-refractivity contribution is -0.386. The quantitative estimate of drug-likeness (QED) is 0.405. The maximum atomic E-state index is 12.9. The summed E-state index contributed by atoms with van der Waals surface area (Å²) in [6.07, 6.45) is -2.74. The molecule has 1 heterocycles. The van der Waals surface area contributed by atoms with Gasteiger partial charge in [-0.1, -0.05) is 12.1 Å². The molecule has 1 aliphatic rings. The van der Waals surface area contributed by atoms with Crippen molar-refractivity contribution in [1.82, 2.24) is 0 Å². The second kappa shape index (κ2) is 9.46. The summed E-state index contributed by atoms with van der Waals surface area (Å²) in [5.74, 6) is -1.15. The molecule has 1 N–H and O–H groups in total. The molecule has 0 spiro atoms. The van der Waals surface area contributed by atoms with Gasteiger partial charge in [-0.05, 0) is 46.8 Å². The number of nitro benzene ring substituents is 1. The number of aliphatic hydroxyl groups excluding tert-OH is 1. The minimum Gasteiger partial charge on any atom is -0.462 e. The average Bonchev–Trinajstić information content (AvgIpc) is 2.66. The lowest BCUT2D eigenvalue weighted by Crippen LogP contribution is -2.42. The SMILES string of the molecule is CC(C)O[C@H]1C=C([C@H](O)c2ccccc2[N+](=O)[O-])C(=O)[C@H](COC(=O)C(C)(C)C)O1. The number of benzene rings is 1. The van der Waals surface area contributed by atoms with Crippen molar-refractivity contribution in [3.8, 4) is 0 Å². The largest absolute Gasteiger partial charge is 0.462 e. The molecular weight excluding hydrogens is 394 g/mol. The fourth-order valence-electron chi connectivity index (χ4n) is 2.78. The normalized spacial score (nSPS) is 20.6. The van der Waals surface area contributed by atoms with Gasteiger partial charge in [0, 0.05) is 11.6 Å². The predicted molar refractivity (Wildman–Crippen MR) is 106 cm³/mol. The molecule has 0 fully saturated rings. The molecule has 0 saturated carbocycles. The van der Waals surface area contributed by atoms with Crippen LogP contribution in [-0.2, 0) is 23.8 Å². The van der Waals surface area contributed by atoms with Crippen molar-refractivity contribution < 1.29 is 33.8 Å². The molecule has 2 rings (SSSR count). The van der Waals surface area contributed by atoms with Gasteiger partial charge < -0.3 is 19.3 Å². The number of aliphatic hydroxyl groups is 1. The van der Waals surface area contributed by atoms with Crippen molar-refractivity contribution >= 4 is 17.4 Å². The predicted octanol–water partition coefficient (Wildman–Crippen LogP) is 2.86. The Hall–Kier alpha value is -2.62. The van der Waals surface area contributed by atoms with E-state index >= 15 is 0 Å². The number of carbonyl (C=O) groups excluding carboxylic acids is 2. The molecule has 0 amide bonds. The highest BCUT2D eigenvalue weighted by atomic mass is 16.7. The zero-order chi connectivity index (χ0) is 22.6. The molecule has 0 unspecified atom stereocenters. The number of ketones is 1. The van der Waals surface area contributed by atoms with Crippen molar-refractivity contribution in [2.45, 2.75) is 59.2 Å². The van der Waals surface area contributed by atoms with E-state index in [-0.39, 0.29) is 29.5 Å². The summed E-state index contributed by atoms with van der Waals surface area (Å²) in [6, 6.07) is 5.61. The van der Waals surface area contributed by atoms with Gasteiger partial charge in [0.1, 0.15) is 12.7 Å². The average molecular weight is 421 g/mol. The standard InChI is InChI=1S/C21H27NO8/c1-12(2)29-17-10-14(18(23)13-8-6-7-9-15(13)22(26)27)19(24)16(30-17)11-28-20(25)21(3,4)5/h6-10,12,16-18,23H,11H2,1-5H3/t16-,17+,18+/m0/s1. The van der Waals surface area contributed by atoms with E-state index in [4.69, 9.17) is 14.2 Å². The number of para-hydroxylation sites is 1. The van der Waals surface area contributed by atoms with Crippen LogP contribution in [0.15, 0.2) is 35.9 Å². The van der Waals surface area contributed by atoms with Crippen LogP contribution in [0.2, 0.25) is 0 Å². The first-order valence-corrected chi connectivity index (χ1v) is 9.57. The minimum absolute atomic E-state index is 0.0299. The first-order chi connectivity index (χ1) is 13.9. The zero-order valence-corrected chi connectivity index (χ0v) is 17.7. The highest BCUT2D eigenvalue weighted by Crippen LogP contribution is 2.33. The van der Waals surface area contributed by atoms with Crippen LogP contribution in [0, 0.1) is 15.5 Å². The third kappa shape index (κ3) is 5.71. The number of hydrogen-bond donors (Lipinski definition) is 1. The Morgan fingerprint density at radius 2 is 1.93 bits per heavy atom. The Morgan fingerprint density at radius 1 is 1.30 bits per heavy atom.